The topological polar surface area (TPSA) is 78.9 Å². The average molecular weight is 329 g/mol. The quantitative estimate of drug-likeness (QED) is 0.809. The van der Waals surface area contributed by atoms with Crippen molar-refractivity contribution in [3.63, 3.8) is 0 Å². The van der Waals surface area contributed by atoms with Gasteiger partial charge in [0.1, 0.15) is 5.75 Å². The highest BCUT2D eigenvalue weighted by atomic mass is 35.5. The number of carbonyl (C=O) groups is 2. The van der Waals surface area contributed by atoms with E-state index in [9.17, 15) is 9.59 Å². The molecule has 1 aromatic rings. The molecule has 1 saturated heterocycles. The molecule has 2 rings (SSSR count). The number of carboxylic acid groups (broad SMARTS) is 1. The summed E-state index contributed by atoms with van der Waals surface area (Å²) >= 11 is 0. The maximum absolute atomic E-state index is 11.5. The molecule has 6 nitrogen and oxygen atoms in total. The number of nitrogens with zero attached hydrogens (tertiary/aromatic N) is 1. The van der Waals surface area contributed by atoms with E-state index >= 15 is 0 Å². The Labute approximate surface area is 135 Å². The molecule has 1 fully saturated rings. The minimum absolute atomic E-state index is 0. The molecule has 7 heteroatoms. The Morgan fingerprint density at radius 3 is 2.82 bits per heavy atom. The fourth-order valence-corrected chi connectivity index (χ4v) is 2.39. The predicted octanol–water partition coefficient (Wildman–Crippen LogP) is 2.03. The van der Waals surface area contributed by atoms with Crippen LogP contribution in [-0.4, -0.2) is 54.2 Å². The van der Waals surface area contributed by atoms with Crippen molar-refractivity contribution in [1.82, 2.24) is 10.2 Å². The van der Waals surface area contributed by atoms with Crippen molar-refractivity contribution in [2.75, 3.05) is 26.2 Å². The first-order valence-electron chi connectivity index (χ1n) is 7.02. The summed E-state index contributed by atoms with van der Waals surface area (Å²) in [7, 11) is 0. The molecule has 122 valence electrons. The Kier molecular flexibility index (Phi) is 7.14. The fourth-order valence-electron chi connectivity index (χ4n) is 2.39. The van der Waals surface area contributed by atoms with Gasteiger partial charge in [-0.3, -0.25) is 4.79 Å². The molecule has 0 bridgehead atoms. The van der Waals surface area contributed by atoms with Gasteiger partial charge in [-0.2, -0.15) is 0 Å². The van der Waals surface area contributed by atoms with E-state index < -0.39 is 6.09 Å². The van der Waals surface area contributed by atoms with E-state index in [-0.39, 0.29) is 24.2 Å². The minimum atomic E-state index is -0.885. The van der Waals surface area contributed by atoms with Crippen molar-refractivity contribution in [3.05, 3.63) is 29.8 Å². The van der Waals surface area contributed by atoms with Crippen LogP contribution in [0.4, 0.5) is 4.79 Å². The molecule has 0 saturated carbocycles. The first kappa shape index (κ1) is 18.3. The summed E-state index contributed by atoms with van der Waals surface area (Å²) in [6.07, 6.45) is -0.194. The van der Waals surface area contributed by atoms with Gasteiger partial charge in [0.25, 0.3) is 0 Å². The van der Waals surface area contributed by atoms with Crippen LogP contribution in [0.1, 0.15) is 23.7 Å². The van der Waals surface area contributed by atoms with Crippen molar-refractivity contribution in [2.45, 2.75) is 19.4 Å². The van der Waals surface area contributed by atoms with Crippen LogP contribution < -0.4 is 10.1 Å². The van der Waals surface area contributed by atoms with Gasteiger partial charge in [0.05, 0.1) is 12.2 Å². The van der Waals surface area contributed by atoms with Crippen molar-refractivity contribution in [1.29, 1.82) is 0 Å². The standard InChI is InChI=1S/C15H20N2O4.ClH/c1-11(18)13-4-2-3-5-14(13)21-9-6-12-10-17(15(19)20)8-7-16-12;/h2-5,12,16H,6-10H2,1H3,(H,19,20);1H/t12-;/m1./s1. The van der Waals surface area contributed by atoms with E-state index in [0.717, 1.165) is 0 Å². The molecule has 0 radical (unpaired) electrons. The summed E-state index contributed by atoms with van der Waals surface area (Å²) in [5.41, 5.74) is 0.571. The van der Waals surface area contributed by atoms with Crippen LogP contribution in [0.25, 0.3) is 0 Å². The van der Waals surface area contributed by atoms with Gasteiger partial charge in [0.2, 0.25) is 0 Å². The van der Waals surface area contributed by atoms with Gasteiger partial charge in [0.15, 0.2) is 5.78 Å². The molecule has 1 amide bonds. The molecule has 0 aromatic heterocycles. The van der Waals surface area contributed by atoms with Crippen LogP contribution in [0.15, 0.2) is 24.3 Å². The summed E-state index contributed by atoms with van der Waals surface area (Å²) < 4.78 is 5.67. The Morgan fingerprint density at radius 1 is 1.41 bits per heavy atom. The van der Waals surface area contributed by atoms with Crippen LogP contribution in [0, 0.1) is 0 Å². The van der Waals surface area contributed by atoms with Gasteiger partial charge in [0, 0.05) is 25.7 Å². The van der Waals surface area contributed by atoms with E-state index in [1.54, 1.807) is 18.2 Å². The molecule has 1 aromatic carbocycles. The van der Waals surface area contributed by atoms with E-state index in [0.29, 0.717) is 44.0 Å². The van der Waals surface area contributed by atoms with Crippen LogP contribution in [0.5, 0.6) is 5.75 Å². The molecule has 22 heavy (non-hydrogen) atoms. The first-order chi connectivity index (χ1) is 10.1. The molecule has 1 aliphatic rings. The number of carbonyl (C=O) groups excluding carboxylic acids is 1. The normalized spacial score (nSPS) is 17.5. The number of halogens is 1. The lowest BCUT2D eigenvalue weighted by atomic mass is 10.1. The van der Waals surface area contributed by atoms with Gasteiger partial charge >= 0.3 is 6.09 Å². The summed E-state index contributed by atoms with van der Waals surface area (Å²) in [6, 6.07) is 7.22. The molecule has 0 aliphatic carbocycles. The smallest absolute Gasteiger partial charge is 0.407 e. The van der Waals surface area contributed by atoms with Crippen molar-refractivity contribution >= 4 is 24.3 Å². The highest BCUT2D eigenvalue weighted by Crippen LogP contribution is 2.18. The molecular weight excluding hydrogens is 308 g/mol. The summed E-state index contributed by atoms with van der Waals surface area (Å²) in [4.78, 5) is 23.8. The fraction of sp³-hybridized carbons (Fsp3) is 0.467. The Bertz CT molecular complexity index is 524. The number of benzene rings is 1. The third-order valence-corrected chi connectivity index (χ3v) is 3.52. The first-order valence-corrected chi connectivity index (χ1v) is 7.02. The molecule has 0 spiro atoms. The SMILES string of the molecule is CC(=O)c1ccccc1OCC[C@@H]1CN(C(=O)O)CCN1.Cl. The van der Waals surface area contributed by atoms with Gasteiger partial charge in [-0.15, -0.1) is 12.4 Å². The molecule has 2 N–H and O–H groups in total. The third-order valence-electron chi connectivity index (χ3n) is 3.52. The van der Waals surface area contributed by atoms with Gasteiger partial charge in [-0.1, -0.05) is 12.1 Å². The van der Waals surface area contributed by atoms with Gasteiger partial charge < -0.3 is 20.1 Å². The number of para-hydroxylation sites is 1. The number of ether oxygens (including phenoxy) is 1. The lowest BCUT2D eigenvalue weighted by Crippen LogP contribution is -2.52. The van der Waals surface area contributed by atoms with E-state index in [1.165, 1.54) is 11.8 Å². The molecular formula is C15H21ClN2O4. The Balaban J connectivity index is 0.00000242. The van der Waals surface area contributed by atoms with Crippen LogP contribution in [0.2, 0.25) is 0 Å². The second-order valence-electron chi connectivity index (χ2n) is 5.07. The van der Waals surface area contributed by atoms with E-state index in [2.05, 4.69) is 5.32 Å². The number of amides is 1. The zero-order valence-corrected chi connectivity index (χ0v) is 13.3. The van der Waals surface area contributed by atoms with Crippen molar-refractivity contribution in [3.8, 4) is 5.75 Å². The average Bonchev–Trinajstić information content (AvgIpc) is 2.48. The number of hydrogen-bond donors (Lipinski definition) is 2. The highest BCUT2D eigenvalue weighted by molar-refractivity contribution is 5.96. The van der Waals surface area contributed by atoms with Crippen LogP contribution in [0.3, 0.4) is 0 Å². The maximum atomic E-state index is 11.5. The minimum Gasteiger partial charge on any atom is -0.493 e. The maximum Gasteiger partial charge on any atom is 0.407 e. The number of Topliss-reactive ketones (excluding diaryl/α,β-unsaturated/α-hetero) is 1. The molecule has 1 heterocycles. The number of rotatable bonds is 5. The monoisotopic (exact) mass is 328 g/mol. The summed E-state index contributed by atoms with van der Waals surface area (Å²) in [5, 5.41) is 12.3. The third kappa shape index (κ3) is 4.89. The Morgan fingerprint density at radius 2 is 2.14 bits per heavy atom. The van der Waals surface area contributed by atoms with Crippen molar-refractivity contribution in [2.24, 2.45) is 0 Å². The highest BCUT2D eigenvalue weighted by Gasteiger charge is 2.22. The largest absolute Gasteiger partial charge is 0.493 e. The predicted molar refractivity (Wildman–Crippen MR) is 85.2 cm³/mol. The molecule has 0 unspecified atom stereocenters. The lowest BCUT2D eigenvalue weighted by molar-refractivity contribution is 0.101. The summed E-state index contributed by atoms with van der Waals surface area (Å²) in [5.74, 6) is 0.550. The van der Waals surface area contributed by atoms with Crippen molar-refractivity contribution < 1.29 is 19.4 Å². The van der Waals surface area contributed by atoms with E-state index in [1.807, 2.05) is 6.07 Å². The van der Waals surface area contributed by atoms with Gasteiger partial charge in [-0.05, 0) is 25.5 Å². The number of hydrogen-bond acceptors (Lipinski definition) is 4. The van der Waals surface area contributed by atoms with E-state index in [4.69, 9.17) is 9.84 Å². The molecule has 1 aliphatic heterocycles. The second-order valence-corrected chi connectivity index (χ2v) is 5.07. The zero-order valence-electron chi connectivity index (χ0n) is 12.4. The van der Waals surface area contributed by atoms with Crippen LogP contribution in [-0.2, 0) is 0 Å². The van der Waals surface area contributed by atoms with Gasteiger partial charge in [-0.25, -0.2) is 4.79 Å². The zero-order chi connectivity index (χ0) is 15.2. The lowest BCUT2D eigenvalue weighted by Gasteiger charge is -2.31. The molecule has 1 atom stereocenters. The number of ketones is 1. The number of piperazine rings is 1. The number of nitrogens with one attached hydrogen (secondary N) is 1. The second kappa shape index (κ2) is 8.60. The summed E-state index contributed by atoms with van der Waals surface area (Å²) in [6.45, 7) is 3.58. The Hall–Kier alpha value is -1.79. The van der Waals surface area contributed by atoms with Crippen LogP contribution >= 0.6 is 12.4 Å².